The highest BCUT2D eigenvalue weighted by molar-refractivity contribution is 5.89. The molecule has 2 heterocycles. The molecule has 0 amide bonds. The van der Waals surface area contributed by atoms with Crippen molar-refractivity contribution >= 4 is 12.3 Å². The molecule has 0 aliphatic carbocycles. The van der Waals surface area contributed by atoms with E-state index in [1.165, 1.54) is 7.11 Å². The van der Waals surface area contributed by atoms with Crippen molar-refractivity contribution in [1.29, 1.82) is 0 Å². The Kier molecular flexibility index (Phi) is 3.97. The minimum atomic E-state index is -0.434. The highest BCUT2D eigenvalue weighted by Gasteiger charge is 2.27. The Labute approximate surface area is 126 Å². The molecule has 1 saturated heterocycles. The summed E-state index contributed by atoms with van der Waals surface area (Å²) in [4.78, 5) is 22.9. The lowest BCUT2D eigenvalue weighted by Gasteiger charge is -2.13. The van der Waals surface area contributed by atoms with E-state index in [1.807, 2.05) is 0 Å². The minimum absolute atomic E-state index is 0.211. The summed E-state index contributed by atoms with van der Waals surface area (Å²) in [6.07, 6.45) is 2.20. The zero-order chi connectivity index (χ0) is 15.5. The van der Waals surface area contributed by atoms with Crippen LogP contribution in [0.4, 0.5) is 0 Å². The first-order valence-electron chi connectivity index (χ1n) is 6.95. The number of methoxy groups -OCH3 is 1. The molecule has 1 aliphatic rings. The second kappa shape index (κ2) is 6.07. The van der Waals surface area contributed by atoms with E-state index in [2.05, 4.69) is 10.3 Å². The van der Waals surface area contributed by atoms with Crippen LogP contribution in [0.5, 0.6) is 0 Å². The first-order valence-corrected chi connectivity index (χ1v) is 6.95. The van der Waals surface area contributed by atoms with Crippen LogP contribution in [0.15, 0.2) is 24.3 Å². The zero-order valence-electron chi connectivity index (χ0n) is 12.1. The smallest absolute Gasteiger partial charge is 0.337 e. The molecule has 1 unspecified atom stereocenters. The fraction of sp³-hybridized carbons (Fsp3) is 0.333. The molecule has 7 nitrogen and oxygen atoms in total. The van der Waals surface area contributed by atoms with Crippen molar-refractivity contribution in [2.45, 2.75) is 18.9 Å². The molecule has 22 heavy (non-hydrogen) atoms. The fourth-order valence-electron chi connectivity index (χ4n) is 2.55. The number of esters is 1. The van der Waals surface area contributed by atoms with Crippen LogP contribution >= 0.6 is 0 Å². The molecule has 1 atom stereocenters. The largest absolute Gasteiger partial charge is 0.465 e. The molecule has 0 bridgehead atoms. The molecule has 1 aliphatic heterocycles. The number of hydrogen-bond donors (Lipinski definition) is 0. The molecule has 3 rings (SSSR count). The van der Waals surface area contributed by atoms with E-state index in [9.17, 15) is 9.59 Å². The topological polar surface area (TPSA) is 83.3 Å². The maximum absolute atomic E-state index is 11.7. The van der Waals surface area contributed by atoms with E-state index < -0.39 is 5.97 Å². The van der Waals surface area contributed by atoms with Gasteiger partial charge in [-0.3, -0.25) is 4.79 Å². The number of hydrogen-bond acceptors (Lipinski definition) is 6. The predicted octanol–water partition coefficient (Wildman–Crippen LogP) is 1.72. The maximum atomic E-state index is 11.7. The van der Waals surface area contributed by atoms with Gasteiger partial charge in [-0.2, -0.15) is 0 Å². The Hall–Kier alpha value is -2.54. The third-order valence-corrected chi connectivity index (χ3v) is 3.59. The summed E-state index contributed by atoms with van der Waals surface area (Å²) in [6, 6.07) is 6.81. The summed E-state index contributed by atoms with van der Waals surface area (Å²) in [5.41, 5.74) is 1.92. The second-order valence-corrected chi connectivity index (χ2v) is 4.93. The zero-order valence-corrected chi connectivity index (χ0v) is 12.1. The summed E-state index contributed by atoms with van der Waals surface area (Å²) >= 11 is 0. The van der Waals surface area contributed by atoms with Gasteiger partial charge in [0.15, 0.2) is 12.0 Å². The molecule has 0 saturated carbocycles. The lowest BCUT2D eigenvalue weighted by atomic mass is 10.1. The lowest BCUT2D eigenvalue weighted by Crippen LogP contribution is -2.10. The first-order chi connectivity index (χ1) is 10.7. The van der Waals surface area contributed by atoms with Gasteiger partial charge in [0, 0.05) is 6.61 Å². The van der Waals surface area contributed by atoms with E-state index in [-0.39, 0.29) is 11.8 Å². The quantitative estimate of drug-likeness (QED) is 0.631. The highest BCUT2D eigenvalue weighted by Crippen LogP contribution is 2.31. The Balaban J connectivity index is 2.06. The van der Waals surface area contributed by atoms with Crippen molar-refractivity contribution in [3.8, 4) is 5.69 Å². The molecule has 7 heteroatoms. The van der Waals surface area contributed by atoms with Crippen LogP contribution in [-0.4, -0.2) is 41.0 Å². The average molecular weight is 301 g/mol. The third kappa shape index (κ3) is 2.50. The van der Waals surface area contributed by atoms with Gasteiger partial charge in [0.1, 0.15) is 11.8 Å². The van der Waals surface area contributed by atoms with Crippen LogP contribution in [-0.2, 0) is 9.47 Å². The van der Waals surface area contributed by atoms with Gasteiger partial charge in [0.2, 0.25) is 0 Å². The Morgan fingerprint density at radius 3 is 3.05 bits per heavy atom. The van der Waals surface area contributed by atoms with E-state index in [0.717, 1.165) is 12.8 Å². The number of ether oxygens (including phenoxy) is 2. The summed E-state index contributed by atoms with van der Waals surface area (Å²) in [7, 11) is 1.33. The standard InChI is InChI=1S/C15H15N3O4/c1-21-15(20)10-4-2-5-11(8-10)18-14(12(9-19)16-17-18)13-6-3-7-22-13/h2,4-5,8-9,13H,3,6-7H2,1H3. The van der Waals surface area contributed by atoms with Gasteiger partial charge < -0.3 is 9.47 Å². The van der Waals surface area contributed by atoms with Crippen molar-refractivity contribution < 1.29 is 19.1 Å². The van der Waals surface area contributed by atoms with Gasteiger partial charge in [0.25, 0.3) is 0 Å². The second-order valence-electron chi connectivity index (χ2n) is 4.93. The maximum Gasteiger partial charge on any atom is 0.337 e. The number of carbonyl (C=O) groups excluding carboxylic acids is 2. The normalized spacial score (nSPS) is 17.4. The molecule has 0 radical (unpaired) electrons. The van der Waals surface area contributed by atoms with Gasteiger partial charge in [-0.1, -0.05) is 11.3 Å². The van der Waals surface area contributed by atoms with Crippen LogP contribution in [0.3, 0.4) is 0 Å². The van der Waals surface area contributed by atoms with Gasteiger partial charge in [-0.15, -0.1) is 5.10 Å². The molecule has 1 fully saturated rings. The monoisotopic (exact) mass is 301 g/mol. The SMILES string of the molecule is COC(=O)c1cccc(-n2nnc(C=O)c2C2CCCO2)c1. The number of carbonyl (C=O) groups is 2. The van der Waals surface area contributed by atoms with Crippen molar-refractivity contribution in [3.05, 3.63) is 41.2 Å². The lowest BCUT2D eigenvalue weighted by molar-refractivity contribution is 0.0600. The first kappa shape index (κ1) is 14.4. The molecular weight excluding hydrogens is 286 g/mol. The predicted molar refractivity (Wildman–Crippen MR) is 76.0 cm³/mol. The Bertz CT molecular complexity index is 705. The van der Waals surface area contributed by atoms with Gasteiger partial charge in [0.05, 0.1) is 18.4 Å². The van der Waals surface area contributed by atoms with Gasteiger partial charge in [-0.05, 0) is 31.0 Å². The van der Waals surface area contributed by atoms with Gasteiger partial charge >= 0.3 is 5.97 Å². The number of benzene rings is 1. The number of aldehydes is 1. The van der Waals surface area contributed by atoms with Crippen LogP contribution in [0.2, 0.25) is 0 Å². The summed E-state index contributed by atoms with van der Waals surface area (Å²) < 4.78 is 11.9. The summed E-state index contributed by atoms with van der Waals surface area (Å²) in [5, 5.41) is 7.93. The van der Waals surface area contributed by atoms with Gasteiger partial charge in [-0.25, -0.2) is 9.48 Å². The number of aromatic nitrogens is 3. The van der Waals surface area contributed by atoms with Crippen LogP contribution in [0.25, 0.3) is 5.69 Å². The number of nitrogens with zero attached hydrogens (tertiary/aromatic N) is 3. The van der Waals surface area contributed by atoms with E-state index in [0.29, 0.717) is 29.8 Å². The Morgan fingerprint density at radius 1 is 1.50 bits per heavy atom. The van der Waals surface area contributed by atoms with Crippen molar-refractivity contribution in [1.82, 2.24) is 15.0 Å². The van der Waals surface area contributed by atoms with Crippen molar-refractivity contribution in [3.63, 3.8) is 0 Å². The molecule has 2 aromatic rings. The fourth-order valence-corrected chi connectivity index (χ4v) is 2.55. The number of rotatable bonds is 4. The Morgan fingerprint density at radius 2 is 2.36 bits per heavy atom. The minimum Gasteiger partial charge on any atom is -0.465 e. The molecule has 114 valence electrons. The van der Waals surface area contributed by atoms with E-state index in [1.54, 1.807) is 28.9 Å². The molecule has 0 spiro atoms. The van der Waals surface area contributed by atoms with Crippen molar-refractivity contribution in [2.24, 2.45) is 0 Å². The molecule has 1 aromatic carbocycles. The summed E-state index contributed by atoms with van der Waals surface area (Å²) in [5.74, 6) is -0.434. The van der Waals surface area contributed by atoms with Crippen LogP contribution < -0.4 is 0 Å². The van der Waals surface area contributed by atoms with Crippen molar-refractivity contribution in [2.75, 3.05) is 13.7 Å². The van der Waals surface area contributed by atoms with Crippen LogP contribution in [0, 0.1) is 0 Å². The van der Waals surface area contributed by atoms with Crippen LogP contribution in [0.1, 0.15) is 45.5 Å². The molecular formula is C15H15N3O4. The van der Waals surface area contributed by atoms with E-state index in [4.69, 9.17) is 9.47 Å². The van der Waals surface area contributed by atoms with E-state index >= 15 is 0 Å². The molecule has 0 N–H and O–H groups in total. The molecule has 1 aromatic heterocycles. The average Bonchev–Trinajstić information content (AvgIpc) is 3.22. The third-order valence-electron chi connectivity index (χ3n) is 3.59. The highest BCUT2D eigenvalue weighted by atomic mass is 16.5. The summed E-state index contributed by atoms with van der Waals surface area (Å²) in [6.45, 7) is 0.649.